The first-order valence-electron chi connectivity index (χ1n) is 12.5. The zero-order valence-corrected chi connectivity index (χ0v) is 24.4. The molecule has 0 amide bonds. The number of rotatable bonds is 9. The molecule has 1 aromatic heterocycles. The number of nitrogens with zero attached hydrogens (tertiary/aromatic N) is 1. The van der Waals surface area contributed by atoms with Crippen LogP contribution < -0.4 is 11.2 Å². The lowest BCUT2D eigenvalue weighted by molar-refractivity contribution is -0.0910. The highest BCUT2D eigenvalue weighted by atomic mass is 127. The van der Waals surface area contributed by atoms with Gasteiger partial charge >= 0.3 is 5.69 Å². The second kappa shape index (κ2) is 11.8. The van der Waals surface area contributed by atoms with Crippen LogP contribution in [0.4, 0.5) is 0 Å². The molecular weight excluding hydrogens is 647 g/mol. The molecule has 2 heterocycles. The molecule has 3 unspecified atom stereocenters. The Morgan fingerprint density at radius 3 is 1.90 bits per heavy atom. The molecule has 3 aromatic carbocycles. The van der Waals surface area contributed by atoms with Crippen molar-refractivity contribution >= 4 is 32.7 Å². The van der Waals surface area contributed by atoms with Gasteiger partial charge in [-0.2, -0.15) is 8.42 Å². The average Bonchev–Trinajstić information content (AvgIpc) is 3.33. The van der Waals surface area contributed by atoms with E-state index in [1.165, 1.54) is 10.8 Å². The number of hydrogen-bond acceptors (Lipinski definition) is 7. The summed E-state index contributed by atoms with van der Waals surface area (Å²) in [5, 5.41) is 0. The fourth-order valence-corrected chi connectivity index (χ4v) is 6.08. The van der Waals surface area contributed by atoms with Crippen LogP contribution in [0.5, 0.6) is 0 Å². The lowest BCUT2D eigenvalue weighted by Crippen LogP contribution is -2.39. The maximum atomic E-state index is 12.6. The Kier molecular flexibility index (Phi) is 8.38. The molecule has 1 saturated heterocycles. The van der Waals surface area contributed by atoms with E-state index in [2.05, 4.69) is 4.98 Å². The third-order valence-electron chi connectivity index (χ3n) is 6.72. The molecule has 0 aliphatic carbocycles. The maximum absolute atomic E-state index is 12.6. The van der Waals surface area contributed by atoms with E-state index in [0.717, 1.165) is 22.9 Å². The van der Waals surface area contributed by atoms with Gasteiger partial charge < -0.3 is 9.47 Å². The minimum atomic E-state index is -3.86. The third kappa shape index (κ3) is 5.98. The summed E-state index contributed by atoms with van der Waals surface area (Å²) < 4.78 is 44.3. The average molecular weight is 675 g/mol. The summed E-state index contributed by atoms with van der Waals surface area (Å²) in [5.41, 5.74) is 0.367. The number of benzene rings is 3. The van der Waals surface area contributed by atoms with Crippen LogP contribution in [-0.4, -0.2) is 43.0 Å². The number of nitrogens with one attached hydrogen (secondary N) is 1. The minimum absolute atomic E-state index is 0.0537. The molecule has 0 radical (unpaired) electrons. The number of aromatic nitrogens is 2. The molecule has 0 saturated carbocycles. The van der Waals surface area contributed by atoms with E-state index in [1.807, 2.05) is 114 Å². The van der Waals surface area contributed by atoms with E-state index >= 15 is 0 Å². The Morgan fingerprint density at radius 1 is 0.925 bits per heavy atom. The summed E-state index contributed by atoms with van der Waals surface area (Å²) in [6.45, 7) is -0.0649. The molecule has 1 aliphatic rings. The van der Waals surface area contributed by atoms with Crippen LogP contribution >= 0.6 is 22.6 Å². The molecular formula is C29H27IN2O7S. The van der Waals surface area contributed by atoms with E-state index in [0.29, 0.717) is 0 Å². The molecule has 1 aliphatic heterocycles. The summed E-state index contributed by atoms with van der Waals surface area (Å²) in [5.74, 6) is 0. The van der Waals surface area contributed by atoms with Gasteiger partial charge in [0.1, 0.15) is 24.0 Å². The second-order valence-corrected chi connectivity index (χ2v) is 12.2. The van der Waals surface area contributed by atoms with E-state index < -0.39 is 45.4 Å². The molecule has 4 aromatic rings. The van der Waals surface area contributed by atoms with Crippen molar-refractivity contribution in [3.05, 3.63) is 138 Å². The molecule has 1 N–H and O–H groups in total. The van der Waals surface area contributed by atoms with E-state index in [9.17, 15) is 18.0 Å². The first kappa shape index (κ1) is 28.4. The molecule has 1 fully saturated rings. The van der Waals surface area contributed by atoms with Gasteiger partial charge in [-0.3, -0.25) is 18.5 Å². The standard InChI is InChI=1S/C29H27IN2O7S/c1-40(35,36)39-24-17-26(32-18-23(30)27(33)31-28(32)34)38-25(24)19-37-29(20-11-5-2-6-12-20,21-13-7-3-8-14-21)22-15-9-4-10-16-22/h2-16,18,24-26H,17,19H2,1H3,(H,31,33,34). The molecule has 0 spiro atoms. The lowest BCUT2D eigenvalue weighted by atomic mass is 9.80. The highest BCUT2D eigenvalue weighted by Gasteiger charge is 2.44. The van der Waals surface area contributed by atoms with Crippen LogP contribution in [0.2, 0.25) is 0 Å². The second-order valence-electron chi connectivity index (χ2n) is 9.44. The molecule has 5 rings (SSSR count). The van der Waals surface area contributed by atoms with Crippen molar-refractivity contribution in [3.63, 3.8) is 0 Å². The maximum Gasteiger partial charge on any atom is 0.330 e. The molecule has 3 atom stereocenters. The third-order valence-corrected chi connectivity index (χ3v) is 8.08. The van der Waals surface area contributed by atoms with Crippen molar-refractivity contribution in [2.24, 2.45) is 0 Å². The first-order valence-corrected chi connectivity index (χ1v) is 15.4. The Bertz CT molecular complexity index is 1580. The van der Waals surface area contributed by atoms with Gasteiger partial charge in [0.25, 0.3) is 15.7 Å². The summed E-state index contributed by atoms with van der Waals surface area (Å²) >= 11 is 1.82. The fraction of sp³-hybridized carbons (Fsp3) is 0.241. The Morgan fingerprint density at radius 2 is 1.43 bits per heavy atom. The van der Waals surface area contributed by atoms with Crippen molar-refractivity contribution in [2.75, 3.05) is 12.9 Å². The number of H-pyrrole nitrogens is 1. The highest BCUT2D eigenvalue weighted by molar-refractivity contribution is 14.1. The molecule has 9 nitrogen and oxygen atoms in total. The van der Waals surface area contributed by atoms with Crippen molar-refractivity contribution in [2.45, 2.75) is 30.5 Å². The van der Waals surface area contributed by atoms with Gasteiger partial charge in [0.05, 0.1) is 16.4 Å². The molecule has 40 heavy (non-hydrogen) atoms. The Hall–Kier alpha value is -3.10. The quantitative estimate of drug-likeness (QED) is 0.163. The van der Waals surface area contributed by atoms with Crippen LogP contribution in [0.3, 0.4) is 0 Å². The number of aromatic amines is 1. The normalized spacial score (nSPS) is 19.5. The van der Waals surface area contributed by atoms with Crippen molar-refractivity contribution in [1.82, 2.24) is 9.55 Å². The Labute approximate surface area is 245 Å². The van der Waals surface area contributed by atoms with Crippen molar-refractivity contribution < 1.29 is 22.1 Å². The predicted octanol–water partition coefficient (Wildman–Crippen LogP) is 3.78. The van der Waals surface area contributed by atoms with E-state index in [4.69, 9.17) is 13.7 Å². The van der Waals surface area contributed by atoms with Crippen LogP contribution in [-0.2, 0) is 29.4 Å². The minimum Gasteiger partial charge on any atom is -0.358 e. The monoisotopic (exact) mass is 674 g/mol. The van der Waals surface area contributed by atoms with Crippen LogP contribution in [0, 0.1) is 3.57 Å². The van der Waals surface area contributed by atoms with Crippen LogP contribution in [0.25, 0.3) is 0 Å². The topological polar surface area (TPSA) is 117 Å². The van der Waals surface area contributed by atoms with Crippen LogP contribution in [0.1, 0.15) is 29.3 Å². The molecule has 208 valence electrons. The van der Waals surface area contributed by atoms with Gasteiger partial charge in [-0.05, 0) is 39.3 Å². The smallest absolute Gasteiger partial charge is 0.330 e. The van der Waals surface area contributed by atoms with Gasteiger partial charge in [0.2, 0.25) is 0 Å². The van der Waals surface area contributed by atoms with Gasteiger partial charge in [-0.25, -0.2) is 4.79 Å². The zero-order chi connectivity index (χ0) is 28.3. The SMILES string of the molecule is CS(=O)(=O)OC1CC(n2cc(I)c(=O)[nH]c2=O)OC1COC(c1ccccc1)(c1ccccc1)c1ccccc1. The zero-order valence-electron chi connectivity index (χ0n) is 21.5. The highest BCUT2D eigenvalue weighted by Crippen LogP contribution is 2.42. The van der Waals surface area contributed by atoms with Gasteiger partial charge in [0, 0.05) is 12.6 Å². The van der Waals surface area contributed by atoms with Crippen molar-refractivity contribution in [3.8, 4) is 0 Å². The first-order chi connectivity index (χ1) is 19.2. The van der Waals surface area contributed by atoms with Gasteiger partial charge in [-0.15, -0.1) is 0 Å². The summed E-state index contributed by atoms with van der Waals surface area (Å²) in [7, 11) is -3.86. The van der Waals surface area contributed by atoms with E-state index in [1.54, 1.807) is 0 Å². The molecule has 0 bridgehead atoms. The van der Waals surface area contributed by atoms with Gasteiger partial charge in [-0.1, -0.05) is 91.0 Å². The predicted molar refractivity (Wildman–Crippen MR) is 157 cm³/mol. The lowest BCUT2D eigenvalue weighted by Gasteiger charge is -2.37. The summed E-state index contributed by atoms with van der Waals surface area (Å²) in [4.78, 5) is 26.7. The summed E-state index contributed by atoms with van der Waals surface area (Å²) in [6.07, 6.45) is -0.260. The fourth-order valence-electron chi connectivity index (χ4n) is 5.00. The van der Waals surface area contributed by atoms with Gasteiger partial charge in [0.15, 0.2) is 0 Å². The molecule has 11 heteroatoms. The summed E-state index contributed by atoms with van der Waals surface area (Å²) in [6, 6.07) is 29.2. The number of ether oxygens (including phenoxy) is 2. The van der Waals surface area contributed by atoms with Crippen molar-refractivity contribution in [1.29, 1.82) is 0 Å². The number of hydrogen-bond donors (Lipinski definition) is 1. The van der Waals surface area contributed by atoms with Crippen LogP contribution in [0.15, 0.2) is 107 Å². The number of halogens is 1. The largest absolute Gasteiger partial charge is 0.358 e. The Balaban J connectivity index is 1.56. The van der Waals surface area contributed by atoms with E-state index in [-0.39, 0.29) is 16.6 Å².